The molecule has 0 spiro atoms. The van der Waals surface area contributed by atoms with E-state index in [1.54, 1.807) is 18.3 Å². The van der Waals surface area contributed by atoms with Gasteiger partial charge in [-0.25, -0.2) is 4.98 Å². The molecule has 1 aromatic heterocycles. The lowest BCUT2D eigenvalue weighted by atomic mass is 9.97. The molecule has 2 heterocycles. The fourth-order valence-electron chi connectivity index (χ4n) is 3.26. The van der Waals surface area contributed by atoms with E-state index in [9.17, 15) is 5.11 Å². The first kappa shape index (κ1) is 19.0. The van der Waals surface area contributed by atoms with Crippen molar-refractivity contribution < 1.29 is 14.6 Å². The van der Waals surface area contributed by atoms with Crippen LogP contribution in [0.2, 0.25) is 0 Å². The highest BCUT2D eigenvalue weighted by molar-refractivity contribution is 9.11. The van der Waals surface area contributed by atoms with E-state index in [0.717, 1.165) is 28.2 Å². The fraction of sp³-hybridized carbons (Fsp3) is 0.0455. The van der Waals surface area contributed by atoms with Gasteiger partial charge in [-0.15, -0.1) is 5.10 Å². The van der Waals surface area contributed by atoms with Crippen molar-refractivity contribution in [1.29, 1.82) is 0 Å². The number of nitrogens with zero attached hydrogens (tertiary/aromatic N) is 3. The standard InChI is InChI=1S/C22H13Br2N3O3/c23-15-9-12(10-16(24)20(15)28)17-11-25-22(27-26-17)30-21-13-5-1-3-7-18(13)29-19-8-4-2-6-14(19)21/h1-11,21,28H. The zero-order valence-corrected chi connectivity index (χ0v) is 18.5. The van der Waals surface area contributed by atoms with E-state index in [1.807, 2.05) is 48.5 Å². The molecule has 148 valence electrons. The maximum Gasteiger partial charge on any atom is 0.336 e. The minimum Gasteiger partial charge on any atom is -0.506 e. The van der Waals surface area contributed by atoms with Crippen molar-refractivity contribution in [2.75, 3.05) is 0 Å². The summed E-state index contributed by atoms with van der Waals surface area (Å²) in [6.07, 6.45) is 1.18. The van der Waals surface area contributed by atoms with Crippen LogP contribution < -0.4 is 9.47 Å². The largest absolute Gasteiger partial charge is 0.506 e. The third-order valence-electron chi connectivity index (χ3n) is 4.70. The molecule has 3 aromatic carbocycles. The van der Waals surface area contributed by atoms with Crippen LogP contribution in [-0.4, -0.2) is 20.3 Å². The molecular weight excluding hydrogens is 514 g/mol. The Labute approximate surface area is 188 Å². The lowest BCUT2D eigenvalue weighted by Gasteiger charge is -2.27. The van der Waals surface area contributed by atoms with Crippen molar-refractivity contribution in [3.05, 3.63) is 86.9 Å². The van der Waals surface area contributed by atoms with Crippen LogP contribution in [0.4, 0.5) is 0 Å². The lowest BCUT2D eigenvalue weighted by Crippen LogP contribution is -2.17. The molecule has 1 aliphatic rings. The Balaban J connectivity index is 1.47. The number of aromatic hydroxyl groups is 1. The van der Waals surface area contributed by atoms with Gasteiger partial charge in [0.2, 0.25) is 0 Å². The highest BCUT2D eigenvalue weighted by Gasteiger charge is 2.29. The van der Waals surface area contributed by atoms with Gasteiger partial charge in [-0.2, -0.15) is 0 Å². The summed E-state index contributed by atoms with van der Waals surface area (Å²) >= 11 is 6.64. The molecule has 0 saturated heterocycles. The van der Waals surface area contributed by atoms with Crippen LogP contribution in [-0.2, 0) is 0 Å². The molecule has 1 aliphatic heterocycles. The lowest BCUT2D eigenvalue weighted by molar-refractivity contribution is 0.207. The Kier molecular flexibility index (Phi) is 4.88. The summed E-state index contributed by atoms with van der Waals surface area (Å²) < 4.78 is 13.2. The Hall–Kier alpha value is -2.97. The highest BCUT2D eigenvalue weighted by atomic mass is 79.9. The average molecular weight is 527 g/mol. The molecule has 30 heavy (non-hydrogen) atoms. The molecule has 5 rings (SSSR count). The molecule has 0 unspecified atom stereocenters. The van der Waals surface area contributed by atoms with Gasteiger partial charge in [-0.05, 0) is 56.1 Å². The number of benzene rings is 3. The molecular formula is C22H13Br2N3O3. The van der Waals surface area contributed by atoms with Crippen LogP contribution >= 0.6 is 31.9 Å². The number of para-hydroxylation sites is 2. The maximum atomic E-state index is 9.89. The number of hydrogen-bond acceptors (Lipinski definition) is 6. The van der Waals surface area contributed by atoms with E-state index in [2.05, 4.69) is 47.0 Å². The van der Waals surface area contributed by atoms with Crippen LogP contribution in [0.5, 0.6) is 23.3 Å². The Morgan fingerprint density at radius 2 is 1.47 bits per heavy atom. The third-order valence-corrected chi connectivity index (χ3v) is 5.91. The summed E-state index contributed by atoms with van der Waals surface area (Å²) in [5.74, 6) is 1.60. The summed E-state index contributed by atoms with van der Waals surface area (Å²) in [7, 11) is 0. The predicted molar refractivity (Wildman–Crippen MR) is 118 cm³/mol. The number of hydrogen-bond donors (Lipinski definition) is 1. The number of phenolic OH excluding ortho intramolecular Hbond substituents is 1. The molecule has 0 atom stereocenters. The van der Waals surface area contributed by atoms with E-state index >= 15 is 0 Å². The second-order valence-electron chi connectivity index (χ2n) is 6.59. The van der Waals surface area contributed by atoms with Crippen LogP contribution in [0.25, 0.3) is 11.3 Å². The van der Waals surface area contributed by atoms with Crippen molar-refractivity contribution in [2.45, 2.75) is 6.10 Å². The first-order valence-corrected chi connectivity index (χ1v) is 10.6. The van der Waals surface area contributed by atoms with Crippen molar-refractivity contribution >= 4 is 31.9 Å². The van der Waals surface area contributed by atoms with Gasteiger partial charge >= 0.3 is 6.01 Å². The quantitative estimate of drug-likeness (QED) is 0.350. The van der Waals surface area contributed by atoms with E-state index in [4.69, 9.17) is 9.47 Å². The van der Waals surface area contributed by atoms with Gasteiger partial charge in [0.25, 0.3) is 0 Å². The van der Waals surface area contributed by atoms with Crippen LogP contribution in [0.3, 0.4) is 0 Å². The van der Waals surface area contributed by atoms with Gasteiger partial charge in [0, 0.05) is 16.7 Å². The Morgan fingerprint density at radius 1 is 0.867 bits per heavy atom. The molecule has 0 bridgehead atoms. The molecule has 0 aliphatic carbocycles. The van der Waals surface area contributed by atoms with Crippen molar-refractivity contribution in [3.63, 3.8) is 0 Å². The van der Waals surface area contributed by atoms with E-state index in [0.29, 0.717) is 14.6 Å². The molecule has 8 heteroatoms. The molecule has 0 radical (unpaired) electrons. The number of fused-ring (bicyclic) bond motifs is 2. The second kappa shape index (κ2) is 7.70. The third kappa shape index (κ3) is 3.42. The van der Waals surface area contributed by atoms with Gasteiger partial charge in [0.15, 0.2) is 6.10 Å². The van der Waals surface area contributed by atoms with Gasteiger partial charge in [-0.3, -0.25) is 0 Å². The minimum atomic E-state index is -0.407. The number of aromatic nitrogens is 3. The number of rotatable bonds is 3. The zero-order valence-electron chi connectivity index (χ0n) is 15.3. The first-order valence-electron chi connectivity index (χ1n) is 9.00. The van der Waals surface area contributed by atoms with Crippen LogP contribution in [0, 0.1) is 0 Å². The minimum absolute atomic E-state index is 0.122. The SMILES string of the molecule is Oc1c(Br)cc(-c2cnc(OC3c4ccccc4Oc4ccccc43)nn2)cc1Br. The normalized spacial score (nSPS) is 12.6. The predicted octanol–water partition coefficient (Wildman–Crippen LogP) is 6.04. The number of ether oxygens (including phenoxy) is 2. The fourth-order valence-corrected chi connectivity index (χ4v) is 4.45. The topological polar surface area (TPSA) is 77.4 Å². The average Bonchev–Trinajstić information content (AvgIpc) is 2.77. The van der Waals surface area contributed by atoms with Crippen molar-refractivity contribution in [1.82, 2.24) is 15.2 Å². The first-order chi connectivity index (χ1) is 14.6. The monoisotopic (exact) mass is 525 g/mol. The summed E-state index contributed by atoms with van der Waals surface area (Å²) in [6.45, 7) is 0. The summed E-state index contributed by atoms with van der Waals surface area (Å²) in [5, 5.41) is 18.3. The summed E-state index contributed by atoms with van der Waals surface area (Å²) in [6, 6.07) is 19.1. The van der Waals surface area contributed by atoms with E-state index in [1.165, 1.54) is 0 Å². The smallest absolute Gasteiger partial charge is 0.336 e. The van der Waals surface area contributed by atoms with Gasteiger partial charge in [-0.1, -0.05) is 41.5 Å². The Morgan fingerprint density at radius 3 is 2.03 bits per heavy atom. The van der Waals surface area contributed by atoms with Crippen LogP contribution in [0.15, 0.2) is 75.8 Å². The molecule has 6 nitrogen and oxygen atoms in total. The Bertz CT molecular complexity index is 1180. The zero-order chi connectivity index (χ0) is 20.7. The van der Waals surface area contributed by atoms with E-state index in [-0.39, 0.29) is 11.8 Å². The van der Waals surface area contributed by atoms with E-state index < -0.39 is 6.10 Å². The summed E-state index contributed by atoms with van der Waals surface area (Å²) in [4.78, 5) is 4.35. The molecule has 0 amide bonds. The highest BCUT2D eigenvalue weighted by Crippen LogP contribution is 2.44. The van der Waals surface area contributed by atoms with Gasteiger partial charge in [0.1, 0.15) is 22.9 Å². The summed E-state index contributed by atoms with van der Waals surface area (Å²) in [5.41, 5.74) is 3.10. The molecule has 4 aromatic rings. The van der Waals surface area contributed by atoms with Crippen LogP contribution in [0.1, 0.15) is 17.2 Å². The number of halogens is 2. The van der Waals surface area contributed by atoms with Gasteiger partial charge < -0.3 is 14.6 Å². The van der Waals surface area contributed by atoms with Gasteiger partial charge in [0.05, 0.1) is 15.1 Å². The van der Waals surface area contributed by atoms with Crippen molar-refractivity contribution in [2.24, 2.45) is 0 Å². The molecule has 1 N–H and O–H groups in total. The maximum absolute atomic E-state index is 9.89. The molecule has 0 saturated carbocycles. The van der Waals surface area contributed by atoms with Crippen molar-refractivity contribution in [3.8, 4) is 34.5 Å². The number of phenols is 1. The second-order valence-corrected chi connectivity index (χ2v) is 8.30. The molecule has 0 fully saturated rings.